The first-order valence-electron chi connectivity index (χ1n) is 5.85. The van der Waals surface area contributed by atoms with Crippen LogP contribution in [0, 0.1) is 6.92 Å². The minimum absolute atomic E-state index is 0.0915. The predicted octanol–water partition coefficient (Wildman–Crippen LogP) is 1.89. The first-order chi connectivity index (χ1) is 7.53. The van der Waals surface area contributed by atoms with Gasteiger partial charge in [-0.05, 0) is 26.7 Å². The van der Waals surface area contributed by atoms with Gasteiger partial charge < -0.3 is 11.1 Å². The van der Waals surface area contributed by atoms with Crippen LogP contribution >= 0.6 is 0 Å². The van der Waals surface area contributed by atoms with Gasteiger partial charge in [-0.1, -0.05) is 13.8 Å². The third kappa shape index (κ3) is 3.17. The van der Waals surface area contributed by atoms with Gasteiger partial charge in [-0.2, -0.15) is 0 Å². The number of nitrogens with zero attached hydrogens (tertiary/aromatic N) is 2. The van der Waals surface area contributed by atoms with Gasteiger partial charge >= 0.3 is 0 Å². The van der Waals surface area contributed by atoms with Crippen molar-refractivity contribution >= 4 is 5.82 Å². The van der Waals surface area contributed by atoms with E-state index in [0.29, 0.717) is 6.54 Å². The first kappa shape index (κ1) is 12.9. The summed E-state index contributed by atoms with van der Waals surface area (Å²) in [4.78, 5) is 8.74. The summed E-state index contributed by atoms with van der Waals surface area (Å²) in [6.07, 6.45) is 1.89. The third-order valence-corrected chi connectivity index (χ3v) is 2.91. The van der Waals surface area contributed by atoms with Crippen molar-refractivity contribution in [3.05, 3.63) is 17.6 Å². The predicted molar refractivity (Wildman–Crippen MR) is 67.5 cm³/mol. The molecule has 4 nitrogen and oxygen atoms in total. The van der Waals surface area contributed by atoms with Gasteiger partial charge in [0.25, 0.3) is 0 Å². The van der Waals surface area contributed by atoms with Crippen molar-refractivity contribution in [2.24, 2.45) is 5.73 Å². The van der Waals surface area contributed by atoms with Crippen LogP contribution in [-0.2, 0) is 6.42 Å². The minimum Gasteiger partial charge on any atom is -0.364 e. The molecule has 0 saturated carbocycles. The Morgan fingerprint density at radius 2 is 2.06 bits per heavy atom. The Kier molecular flexibility index (Phi) is 4.24. The van der Waals surface area contributed by atoms with E-state index in [-0.39, 0.29) is 5.54 Å². The van der Waals surface area contributed by atoms with Crippen molar-refractivity contribution in [1.82, 2.24) is 9.97 Å². The highest BCUT2D eigenvalue weighted by Crippen LogP contribution is 2.16. The normalized spacial score (nSPS) is 14.6. The van der Waals surface area contributed by atoms with Crippen LogP contribution in [0.3, 0.4) is 0 Å². The maximum absolute atomic E-state index is 5.77. The van der Waals surface area contributed by atoms with Gasteiger partial charge in [0.05, 0.1) is 0 Å². The molecule has 0 spiro atoms. The van der Waals surface area contributed by atoms with Gasteiger partial charge in [0, 0.05) is 23.8 Å². The number of rotatable bonds is 5. The summed E-state index contributed by atoms with van der Waals surface area (Å²) in [7, 11) is 0. The van der Waals surface area contributed by atoms with Crippen molar-refractivity contribution in [1.29, 1.82) is 0 Å². The molecule has 0 fully saturated rings. The van der Waals surface area contributed by atoms with Gasteiger partial charge in [0.1, 0.15) is 11.6 Å². The Morgan fingerprint density at radius 3 is 2.56 bits per heavy atom. The molecule has 1 aromatic heterocycles. The van der Waals surface area contributed by atoms with Crippen LogP contribution in [0.15, 0.2) is 6.07 Å². The molecule has 4 heteroatoms. The maximum atomic E-state index is 5.77. The molecule has 3 N–H and O–H groups in total. The van der Waals surface area contributed by atoms with Crippen LogP contribution in [0.4, 0.5) is 5.82 Å². The highest BCUT2D eigenvalue weighted by atomic mass is 15.1. The summed E-state index contributed by atoms with van der Waals surface area (Å²) in [5.74, 6) is 1.68. The lowest BCUT2D eigenvalue weighted by Crippen LogP contribution is -2.42. The molecular formula is C12H22N4. The molecule has 1 unspecified atom stereocenters. The van der Waals surface area contributed by atoms with Gasteiger partial charge in [0.2, 0.25) is 0 Å². The zero-order valence-electron chi connectivity index (χ0n) is 10.7. The van der Waals surface area contributed by atoms with E-state index < -0.39 is 0 Å². The molecule has 0 amide bonds. The molecule has 0 aliphatic rings. The topological polar surface area (TPSA) is 63.8 Å². The molecule has 1 heterocycles. The summed E-state index contributed by atoms with van der Waals surface area (Å²) in [6, 6.07) is 2.00. The van der Waals surface area contributed by atoms with E-state index in [9.17, 15) is 0 Å². The number of hydrogen-bond acceptors (Lipinski definition) is 4. The van der Waals surface area contributed by atoms with E-state index in [1.165, 1.54) is 0 Å². The van der Waals surface area contributed by atoms with Crippen LogP contribution in [0.5, 0.6) is 0 Å². The molecule has 0 aliphatic heterocycles. The van der Waals surface area contributed by atoms with Gasteiger partial charge in [-0.3, -0.25) is 0 Å². The van der Waals surface area contributed by atoms with E-state index in [0.717, 1.165) is 30.2 Å². The van der Waals surface area contributed by atoms with Crippen molar-refractivity contribution < 1.29 is 0 Å². The van der Waals surface area contributed by atoms with Crippen LogP contribution in [0.25, 0.3) is 0 Å². The third-order valence-electron chi connectivity index (χ3n) is 2.91. The number of aryl methyl sites for hydroxylation is 2. The Balaban J connectivity index is 2.92. The summed E-state index contributed by atoms with van der Waals surface area (Å²) in [5, 5.41) is 3.39. The zero-order valence-corrected chi connectivity index (χ0v) is 10.7. The first-order valence-corrected chi connectivity index (χ1v) is 5.85. The van der Waals surface area contributed by atoms with Crippen LogP contribution in [-0.4, -0.2) is 22.1 Å². The molecule has 0 saturated heterocycles. The smallest absolute Gasteiger partial charge is 0.130 e. The van der Waals surface area contributed by atoms with Gasteiger partial charge in [-0.25, -0.2) is 9.97 Å². The molecule has 1 atom stereocenters. The quantitative estimate of drug-likeness (QED) is 0.798. The largest absolute Gasteiger partial charge is 0.364 e. The monoisotopic (exact) mass is 222 g/mol. The molecule has 0 aromatic carbocycles. The lowest BCUT2D eigenvalue weighted by molar-refractivity contribution is 0.504. The fraction of sp³-hybridized carbons (Fsp3) is 0.667. The highest BCUT2D eigenvalue weighted by Gasteiger charge is 2.20. The van der Waals surface area contributed by atoms with E-state index in [1.807, 2.05) is 13.0 Å². The molecule has 90 valence electrons. The van der Waals surface area contributed by atoms with Crippen molar-refractivity contribution in [2.75, 3.05) is 11.9 Å². The summed E-state index contributed by atoms with van der Waals surface area (Å²) < 4.78 is 0. The molecule has 0 bridgehead atoms. The van der Waals surface area contributed by atoms with Crippen molar-refractivity contribution in [3.8, 4) is 0 Å². The molecular weight excluding hydrogens is 200 g/mol. The number of aromatic nitrogens is 2. The number of nitrogens with one attached hydrogen (secondary N) is 1. The fourth-order valence-corrected chi connectivity index (χ4v) is 1.47. The second-order valence-electron chi connectivity index (χ2n) is 4.39. The Bertz CT molecular complexity index is 345. The van der Waals surface area contributed by atoms with Crippen LogP contribution < -0.4 is 11.1 Å². The average Bonchev–Trinajstić information content (AvgIpc) is 2.28. The average molecular weight is 222 g/mol. The number of hydrogen-bond donors (Lipinski definition) is 2. The summed E-state index contributed by atoms with van der Waals surface area (Å²) >= 11 is 0. The molecule has 1 aromatic rings. The standard InChI is InChI=1S/C12H22N4/c1-5-10-7-11(15-9(3)14-10)16-12(4,6-2)8-13/h7H,5-6,8,13H2,1-4H3,(H,14,15,16). The molecule has 1 rings (SSSR count). The van der Waals surface area contributed by atoms with Crippen molar-refractivity contribution in [2.45, 2.75) is 46.1 Å². The molecule has 16 heavy (non-hydrogen) atoms. The summed E-state index contributed by atoms with van der Waals surface area (Å²) in [6.45, 7) is 8.82. The highest BCUT2D eigenvalue weighted by molar-refractivity contribution is 5.39. The Morgan fingerprint density at radius 1 is 1.38 bits per heavy atom. The minimum atomic E-state index is -0.0915. The summed E-state index contributed by atoms with van der Waals surface area (Å²) in [5.41, 5.74) is 6.74. The van der Waals surface area contributed by atoms with E-state index >= 15 is 0 Å². The zero-order chi connectivity index (χ0) is 12.2. The van der Waals surface area contributed by atoms with Crippen molar-refractivity contribution in [3.63, 3.8) is 0 Å². The van der Waals surface area contributed by atoms with Crippen LogP contribution in [0.1, 0.15) is 38.7 Å². The van der Waals surface area contributed by atoms with Gasteiger partial charge in [-0.15, -0.1) is 0 Å². The molecule has 0 radical (unpaired) electrons. The lowest BCUT2D eigenvalue weighted by Gasteiger charge is -2.28. The maximum Gasteiger partial charge on any atom is 0.130 e. The lowest BCUT2D eigenvalue weighted by atomic mass is 9.99. The fourth-order valence-electron chi connectivity index (χ4n) is 1.47. The van der Waals surface area contributed by atoms with Gasteiger partial charge in [0.15, 0.2) is 0 Å². The van der Waals surface area contributed by atoms with E-state index in [1.54, 1.807) is 0 Å². The Labute approximate surface area is 97.7 Å². The van der Waals surface area contributed by atoms with Crippen LogP contribution in [0.2, 0.25) is 0 Å². The SMILES string of the molecule is CCc1cc(NC(C)(CC)CN)nc(C)n1. The number of nitrogens with two attached hydrogens (primary N) is 1. The van der Waals surface area contributed by atoms with E-state index in [2.05, 4.69) is 36.1 Å². The molecule has 0 aliphatic carbocycles. The Hall–Kier alpha value is -1.16. The second kappa shape index (κ2) is 5.25. The second-order valence-corrected chi connectivity index (χ2v) is 4.39. The number of anilines is 1. The van der Waals surface area contributed by atoms with E-state index in [4.69, 9.17) is 5.73 Å².